The number of rotatable bonds is 2. The van der Waals surface area contributed by atoms with Gasteiger partial charge in [0, 0.05) is 12.6 Å². The van der Waals surface area contributed by atoms with Crippen LogP contribution in [0.1, 0.15) is 11.1 Å². The monoisotopic (exact) mass is 271 g/mol. The quantitative estimate of drug-likeness (QED) is 0.909. The van der Waals surface area contributed by atoms with Gasteiger partial charge in [-0.15, -0.1) is 10.2 Å². The van der Waals surface area contributed by atoms with Crippen molar-refractivity contribution in [3.63, 3.8) is 0 Å². The number of fused-ring (bicyclic) bond motifs is 1. The van der Waals surface area contributed by atoms with Crippen LogP contribution in [0.15, 0.2) is 18.2 Å². The molecule has 20 heavy (non-hydrogen) atoms. The first-order valence-electron chi connectivity index (χ1n) is 6.62. The number of anilines is 1. The maximum atomic E-state index is 5.62. The molecule has 1 aliphatic rings. The fourth-order valence-corrected chi connectivity index (χ4v) is 2.31. The Hall–Kier alpha value is -2.30. The minimum absolute atomic E-state index is 0.582. The van der Waals surface area contributed by atoms with Gasteiger partial charge in [-0.3, -0.25) is 0 Å². The molecule has 2 heterocycles. The SMILES string of the molecule is CNc1nnc(-c2ccc3c(c2)OCCO3)c(C)c1C. The third-order valence-corrected chi connectivity index (χ3v) is 3.58. The number of benzene rings is 1. The fraction of sp³-hybridized carbons (Fsp3) is 0.333. The van der Waals surface area contributed by atoms with E-state index in [1.54, 1.807) is 0 Å². The van der Waals surface area contributed by atoms with E-state index in [2.05, 4.69) is 22.4 Å². The molecule has 104 valence electrons. The predicted molar refractivity (Wildman–Crippen MR) is 77.5 cm³/mol. The van der Waals surface area contributed by atoms with Gasteiger partial charge in [-0.1, -0.05) is 0 Å². The lowest BCUT2D eigenvalue weighted by Crippen LogP contribution is -2.15. The second-order valence-corrected chi connectivity index (χ2v) is 4.76. The highest BCUT2D eigenvalue weighted by atomic mass is 16.6. The van der Waals surface area contributed by atoms with E-state index in [-0.39, 0.29) is 0 Å². The van der Waals surface area contributed by atoms with E-state index in [9.17, 15) is 0 Å². The standard InChI is InChI=1S/C15H17N3O2/c1-9-10(2)15(16-3)18-17-14(9)11-4-5-12-13(8-11)20-7-6-19-12/h4-5,8H,6-7H2,1-3H3,(H,16,18). The zero-order chi connectivity index (χ0) is 14.1. The molecule has 0 saturated heterocycles. The van der Waals surface area contributed by atoms with Crippen LogP contribution in [0.3, 0.4) is 0 Å². The van der Waals surface area contributed by atoms with Crippen LogP contribution in [0.4, 0.5) is 5.82 Å². The van der Waals surface area contributed by atoms with Gasteiger partial charge in [0.25, 0.3) is 0 Å². The van der Waals surface area contributed by atoms with Gasteiger partial charge in [-0.2, -0.15) is 0 Å². The van der Waals surface area contributed by atoms with E-state index < -0.39 is 0 Å². The number of nitrogens with zero attached hydrogens (tertiary/aromatic N) is 2. The average molecular weight is 271 g/mol. The smallest absolute Gasteiger partial charge is 0.162 e. The molecular weight excluding hydrogens is 254 g/mol. The maximum Gasteiger partial charge on any atom is 0.162 e. The van der Waals surface area contributed by atoms with E-state index in [0.717, 1.165) is 39.7 Å². The first kappa shape index (κ1) is 12.7. The first-order chi connectivity index (χ1) is 9.70. The molecule has 0 fully saturated rings. The summed E-state index contributed by atoms with van der Waals surface area (Å²) in [4.78, 5) is 0. The number of nitrogens with one attached hydrogen (secondary N) is 1. The van der Waals surface area contributed by atoms with Gasteiger partial charge in [0.2, 0.25) is 0 Å². The van der Waals surface area contributed by atoms with Gasteiger partial charge in [0.05, 0.1) is 5.69 Å². The number of aromatic nitrogens is 2. The molecule has 0 atom stereocenters. The molecule has 0 radical (unpaired) electrons. The Morgan fingerprint density at radius 1 is 1.00 bits per heavy atom. The zero-order valence-electron chi connectivity index (χ0n) is 11.9. The Labute approximate surface area is 117 Å². The molecule has 2 aromatic rings. The van der Waals surface area contributed by atoms with Crippen molar-refractivity contribution >= 4 is 5.82 Å². The highest BCUT2D eigenvalue weighted by Crippen LogP contribution is 2.35. The summed E-state index contributed by atoms with van der Waals surface area (Å²) >= 11 is 0. The molecule has 0 spiro atoms. The number of hydrogen-bond donors (Lipinski definition) is 1. The molecule has 5 heteroatoms. The molecule has 0 bridgehead atoms. The Bertz CT molecular complexity index is 656. The normalized spacial score (nSPS) is 13.2. The summed E-state index contributed by atoms with van der Waals surface area (Å²) in [5.74, 6) is 2.36. The zero-order valence-corrected chi connectivity index (χ0v) is 11.9. The minimum atomic E-state index is 0.582. The van der Waals surface area contributed by atoms with E-state index in [4.69, 9.17) is 9.47 Å². The largest absolute Gasteiger partial charge is 0.486 e. The van der Waals surface area contributed by atoms with Crippen LogP contribution in [0.2, 0.25) is 0 Å². The lowest BCUT2D eigenvalue weighted by Gasteiger charge is -2.19. The van der Waals surface area contributed by atoms with Crippen LogP contribution in [-0.4, -0.2) is 30.5 Å². The van der Waals surface area contributed by atoms with Gasteiger partial charge in [-0.05, 0) is 43.2 Å². The van der Waals surface area contributed by atoms with Crippen molar-refractivity contribution in [2.45, 2.75) is 13.8 Å². The Balaban J connectivity index is 2.07. The van der Waals surface area contributed by atoms with Crippen molar-refractivity contribution < 1.29 is 9.47 Å². The van der Waals surface area contributed by atoms with Crippen LogP contribution in [0.25, 0.3) is 11.3 Å². The van der Waals surface area contributed by atoms with Gasteiger partial charge in [0.15, 0.2) is 17.3 Å². The van der Waals surface area contributed by atoms with Crippen LogP contribution >= 0.6 is 0 Å². The second kappa shape index (κ2) is 5.00. The lowest BCUT2D eigenvalue weighted by molar-refractivity contribution is 0.171. The topological polar surface area (TPSA) is 56.3 Å². The predicted octanol–water partition coefficient (Wildman–Crippen LogP) is 2.57. The Morgan fingerprint density at radius 2 is 1.75 bits per heavy atom. The third kappa shape index (κ3) is 2.05. The molecule has 0 amide bonds. The third-order valence-electron chi connectivity index (χ3n) is 3.58. The Morgan fingerprint density at radius 3 is 2.50 bits per heavy atom. The summed E-state index contributed by atoms with van der Waals surface area (Å²) in [6, 6.07) is 5.87. The lowest BCUT2D eigenvalue weighted by atomic mass is 10.0. The maximum absolute atomic E-state index is 5.62. The summed E-state index contributed by atoms with van der Waals surface area (Å²) < 4.78 is 11.1. The summed E-state index contributed by atoms with van der Waals surface area (Å²) in [7, 11) is 1.85. The number of hydrogen-bond acceptors (Lipinski definition) is 5. The molecule has 1 aromatic heterocycles. The van der Waals surface area contributed by atoms with Crippen molar-refractivity contribution in [3.8, 4) is 22.8 Å². The summed E-state index contributed by atoms with van der Waals surface area (Å²) in [5, 5.41) is 11.6. The average Bonchev–Trinajstić information content (AvgIpc) is 2.49. The molecule has 0 unspecified atom stereocenters. The number of ether oxygens (including phenoxy) is 2. The molecule has 0 saturated carbocycles. The molecule has 1 aromatic carbocycles. The van der Waals surface area contributed by atoms with E-state index in [1.807, 2.05) is 32.2 Å². The minimum Gasteiger partial charge on any atom is -0.486 e. The molecule has 1 aliphatic heterocycles. The van der Waals surface area contributed by atoms with Crippen molar-refractivity contribution in [2.75, 3.05) is 25.6 Å². The fourth-order valence-electron chi connectivity index (χ4n) is 2.31. The van der Waals surface area contributed by atoms with Crippen molar-refractivity contribution in [2.24, 2.45) is 0 Å². The molecule has 5 nitrogen and oxygen atoms in total. The second-order valence-electron chi connectivity index (χ2n) is 4.76. The Kier molecular flexibility index (Phi) is 3.18. The van der Waals surface area contributed by atoms with Gasteiger partial charge in [0.1, 0.15) is 13.2 Å². The highest BCUT2D eigenvalue weighted by molar-refractivity contribution is 5.69. The van der Waals surface area contributed by atoms with E-state index >= 15 is 0 Å². The summed E-state index contributed by atoms with van der Waals surface area (Å²) in [5.41, 5.74) is 4.08. The molecule has 0 aliphatic carbocycles. The van der Waals surface area contributed by atoms with Crippen LogP contribution in [0, 0.1) is 13.8 Å². The summed E-state index contributed by atoms with van der Waals surface area (Å²) in [6.45, 7) is 5.27. The van der Waals surface area contributed by atoms with E-state index in [0.29, 0.717) is 13.2 Å². The van der Waals surface area contributed by atoms with Gasteiger partial charge >= 0.3 is 0 Å². The highest BCUT2D eigenvalue weighted by Gasteiger charge is 2.15. The van der Waals surface area contributed by atoms with E-state index in [1.165, 1.54) is 0 Å². The molecular formula is C15H17N3O2. The van der Waals surface area contributed by atoms with Crippen LogP contribution in [0.5, 0.6) is 11.5 Å². The van der Waals surface area contributed by atoms with Gasteiger partial charge < -0.3 is 14.8 Å². The van der Waals surface area contributed by atoms with Crippen molar-refractivity contribution in [1.82, 2.24) is 10.2 Å². The van der Waals surface area contributed by atoms with Gasteiger partial charge in [-0.25, -0.2) is 0 Å². The van der Waals surface area contributed by atoms with Crippen LogP contribution < -0.4 is 14.8 Å². The molecule has 1 N–H and O–H groups in total. The van der Waals surface area contributed by atoms with Crippen molar-refractivity contribution in [3.05, 3.63) is 29.3 Å². The first-order valence-corrected chi connectivity index (χ1v) is 6.62. The van der Waals surface area contributed by atoms with Crippen molar-refractivity contribution in [1.29, 1.82) is 0 Å². The molecule has 3 rings (SSSR count). The van der Waals surface area contributed by atoms with Crippen LogP contribution in [-0.2, 0) is 0 Å². The summed E-state index contributed by atoms with van der Waals surface area (Å²) in [6.07, 6.45) is 0.